The zero-order chi connectivity index (χ0) is 15.5. The molecule has 0 radical (unpaired) electrons. The summed E-state index contributed by atoms with van der Waals surface area (Å²) in [5.41, 5.74) is 1.02. The van der Waals surface area contributed by atoms with Crippen molar-refractivity contribution in [3.05, 3.63) is 35.9 Å². The zero-order valence-electron chi connectivity index (χ0n) is 12.5. The third-order valence-electron chi connectivity index (χ3n) is 4.62. The van der Waals surface area contributed by atoms with Crippen molar-refractivity contribution in [2.45, 2.75) is 25.4 Å². The SMILES string of the molecule is O=C(O)[C@@H]1CCN(C(=O)[C@H]2CCCO[C@@H]2c2ccccc2)C1. The molecule has 0 spiro atoms. The first-order chi connectivity index (χ1) is 10.7. The molecule has 0 saturated carbocycles. The van der Waals surface area contributed by atoms with Crippen LogP contribution in [0.4, 0.5) is 0 Å². The van der Waals surface area contributed by atoms with E-state index in [9.17, 15) is 9.59 Å². The largest absolute Gasteiger partial charge is 0.481 e. The van der Waals surface area contributed by atoms with Crippen LogP contribution in [0.2, 0.25) is 0 Å². The predicted molar refractivity (Wildman–Crippen MR) is 80.2 cm³/mol. The Bertz CT molecular complexity index is 545. The highest BCUT2D eigenvalue weighted by molar-refractivity contribution is 5.81. The molecule has 22 heavy (non-hydrogen) atoms. The fourth-order valence-corrected chi connectivity index (χ4v) is 3.40. The number of carbonyl (C=O) groups excluding carboxylic acids is 1. The molecule has 5 heteroatoms. The highest BCUT2D eigenvalue weighted by Crippen LogP contribution is 2.35. The maximum absolute atomic E-state index is 12.8. The van der Waals surface area contributed by atoms with Crippen LogP contribution in [0, 0.1) is 11.8 Å². The van der Waals surface area contributed by atoms with Gasteiger partial charge in [0.05, 0.1) is 17.9 Å². The van der Waals surface area contributed by atoms with Crippen LogP contribution in [-0.4, -0.2) is 41.6 Å². The van der Waals surface area contributed by atoms with Gasteiger partial charge in [0, 0.05) is 19.7 Å². The highest BCUT2D eigenvalue weighted by Gasteiger charge is 2.39. The summed E-state index contributed by atoms with van der Waals surface area (Å²) in [5, 5.41) is 9.09. The average Bonchev–Trinajstić information content (AvgIpc) is 3.05. The van der Waals surface area contributed by atoms with E-state index >= 15 is 0 Å². The molecule has 1 N–H and O–H groups in total. The minimum absolute atomic E-state index is 0.0392. The number of carboxylic acids is 1. The Morgan fingerprint density at radius 2 is 1.95 bits per heavy atom. The Morgan fingerprint density at radius 1 is 1.18 bits per heavy atom. The molecule has 0 aliphatic carbocycles. The molecule has 3 rings (SSSR count). The van der Waals surface area contributed by atoms with E-state index in [0.29, 0.717) is 26.1 Å². The van der Waals surface area contributed by atoms with Crippen molar-refractivity contribution in [3.8, 4) is 0 Å². The minimum Gasteiger partial charge on any atom is -0.481 e. The van der Waals surface area contributed by atoms with Gasteiger partial charge in [-0.1, -0.05) is 30.3 Å². The topological polar surface area (TPSA) is 66.8 Å². The lowest BCUT2D eigenvalue weighted by molar-refractivity contribution is -0.145. The molecule has 2 heterocycles. The predicted octanol–water partition coefficient (Wildman–Crippen LogP) is 2.09. The number of amides is 1. The van der Waals surface area contributed by atoms with Gasteiger partial charge in [0.15, 0.2) is 0 Å². The molecule has 2 aliphatic rings. The van der Waals surface area contributed by atoms with Crippen LogP contribution in [0.1, 0.15) is 30.9 Å². The van der Waals surface area contributed by atoms with Crippen LogP contribution in [0.5, 0.6) is 0 Å². The second kappa shape index (κ2) is 6.48. The fourth-order valence-electron chi connectivity index (χ4n) is 3.40. The lowest BCUT2D eigenvalue weighted by Crippen LogP contribution is -2.40. The van der Waals surface area contributed by atoms with Gasteiger partial charge < -0.3 is 14.7 Å². The summed E-state index contributed by atoms with van der Waals surface area (Å²) in [6.45, 7) is 1.53. The van der Waals surface area contributed by atoms with Crippen molar-refractivity contribution in [1.29, 1.82) is 0 Å². The van der Waals surface area contributed by atoms with Crippen molar-refractivity contribution in [2.75, 3.05) is 19.7 Å². The Morgan fingerprint density at radius 3 is 2.64 bits per heavy atom. The molecule has 5 nitrogen and oxygen atoms in total. The van der Waals surface area contributed by atoms with Crippen molar-refractivity contribution in [2.24, 2.45) is 11.8 Å². The number of rotatable bonds is 3. The van der Waals surface area contributed by atoms with Gasteiger partial charge >= 0.3 is 5.97 Å². The van der Waals surface area contributed by atoms with Crippen molar-refractivity contribution < 1.29 is 19.4 Å². The Hall–Kier alpha value is -1.88. The standard InChI is InChI=1S/C17H21NO4/c19-16(18-9-8-13(11-18)17(20)21)14-7-4-10-22-15(14)12-5-2-1-3-6-12/h1-3,5-6,13-15H,4,7-11H2,(H,20,21)/t13-,14+,15-/m1/s1. The van der Waals surface area contributed by atoms with E-state index in [1.807, 2.05) is 30.3 Å². The van der Waals surface area contributed by atoms with Crippen LogP contribution >= 0.6 is 0 Å². The van der Waals surface area contributed by atoms with Gasteiger partial charge in [0.1, 0.15) is 0 Å². The van der Waals surface area contributed by atoms with Crippen LogP contribution < -0.4 is 0 Å². The number of aliphatic carboxylic acids is 1. The number of benzene rings is 1. The molecule has 2 saturated heterocycles. The van der Waals surface area contributed by atoms with Crippen LogP contribution in [0.25, 0.3) is 0 Å². The first kappa shape index (κ1) is 15.0. The van der Waals surface area contributed by atoms with Gasteiger partial charge in [-0.15, -0.1) is 0 Å². The van der Waals surface area contributed by atoms with Crippen LogP contribution in [-0.2, 0) is 14.3 Å². The van der Waals surface area contributed by atoms with Crippen molar-refractivity contribution >= 4 is 11.9 Å². The van der Waals surface area contributed by atoms with E-state index in [-0.39, 0.29) is 17.9 Å². The fraction of sp³-hybridized carbons (Fsp3) is 0.529. The number of hydrogen-bond donors (Lipinski definition) is 1. The number of hydrogen-bond acceptors (Lipinski definition) is 3. The molecule has 1 aromatic rings. The Kier molecular flexibility index (Phi) is 4.43. The third kappa shape index (κ3) is 2.99. The summed E-state index contributed by atoms with van der Waals surface area (Å²) in [6, 6.07) is 9.82. The van der Waals surface area contributed by atoms with E-state index in [1.54, 1.807) is 4.90 Å². The van der Waals surface area contributed by atoms with E-state index in [1.165, 1.54) is 0 Å². The third-order valence-corrected chi connectivity index (χ3v) is 4.62. The molecule has 0 unspecified atom stereocenters. The molecule has 1 amide bonds. The summed E-state index contributed by atoms with van der Waals surface area (Å²) < 4.78 is 5.87. The zero-order valence-corrected chi connectivity index (χ0v) is 12.5. The second-order valence-electron chi connectivity index (χ2n) is 6.06. The minimum atomic E-state index is -0.810. The number of likely N-dealkylation sites (tertiary alicyclic amines) is 1. The van der Waals surface area contributed by atoms with Gasteiger partial charge in [-0.2, -0.15) is 0 Å². The van der Waals surface area contributed by atoms with Crippen molar-refractivity contribution in [1.82, 2.24) is 4.90 Å². The average molecular weight is 303 g/mol. The first-order valence-electron chi connectivity index (χ1n) is 7.85. The summed E-state index contributed by atoms with van der Waals surface area (Å²) in [4.78, 5) is 25.6. The lowest BCUT2D eigenvalue weighted by atomic mass is 9.88. The highest BCUT2D eigenvalue weighted by atomic mass is 16.5. The molecule has 0 bridgehead atoms. The molecule has 2 fully saturated rings. The number of carbonyl (C=O) groups is 2. The summed E-state index contributed by atoms with van der Waals surface area (Å²) in [6.07, 6.45) is 2.00. The smallest absolute Gasteiger partial charge is 0.308 e. The normalized spacial score (nSPS) is 28.5. The maximum atomic E-state index is 12.8. The van der Waals surface area contributed by atoms with Gasteiger partial charge in [0.2, 0.25) is 5.91 Å². The van der Waals surface area contributed by atoms with E-state index in [2.05, 4.69) is 0 Å². The van der Waals surface area contributed by atoms with Gasteiger partial charge in [0.25, 0.3) is 0 Å². The monoisotopic (exact) mass is 303 g/mol. The summed E-state index contributed by atoms with van der Waals surface area (Å²) >= 11 is 0. The number of carboxylic acid groups (broad SMARTS) is 1. The van der Waals surface area contributed by atoms with Crippen LogP contribution in [0.3, 0.4) is 0 Å². The molecule has 3 atom stereocenters. The Balaban J connectivity index is 1.74. The van der Waals surface area contributed by atoms with E-state index in [4.69, 9.17) is 9.84 Å². The lowest BCUT2D eigenvalue weighted by Gasteiger charge is -2.33. The number of nitrogens with zero attached hydrogens (tertiary/aromatic N) is 1. The molecule has 118 valence electrons. The molecule has 2 aliphatic heterocycles. The summed E-state index contributed by atoms with van der Waals surface area (Å²) in [7, 11) is 0. The first-order valence-corrected chi connectivity index (χ1v) is 7.85. The quantitative estimate of drug-likeness (QED) is 0.928. The van der Waals surface area contributed by atoms with Crippen molar-refractivity contribution in [3.63, 3.8) is 0 Å². The molecule has 0 aromatic heterocycles. The van der Waals surface area contributed by atoms with E-state index in [0.717, 1.165) is 18.4 Å². The van der Waals surface area contributed by atoms with E-state index < -0.39 is 11.9 Å². The van der Waals surface area contributed by atoms with Gasteiger partial charge in [-0.25, -0.2) is 0 Å². The molecular weight excluding hydrogens is 282 g/mol. The molecule has 1 aromatic carbocycles. The second-order valence-corrected chi connectivity index (χ2v) is 6.06. The number of ether oxygens (including phenoxy) is 1. The molecular formula is C17H21NO4. The van der Waals surface area contributed by atoms with Crippen LogP contribution in [0.15, 0.2) is 30.3 Å². The van der Waals surface area contributed by atoms with Gasteiger partial charge in [-0.3, -0.25) is 9.59 Å². The maximum Gasteiger partial charge on any atom is 0.308 e. The Labute approximate surface area is 129 Å². The summed E-state index contributed by atoms with van der Waals surface area (Å²) in [5.74, 6) is -1.40. The van der Waals surface area contributed by atoms with Gasteiger partial charge in [-0.05, 0) is 24.8 Å².